The Morgan fingerprint density at radius 3 is 0.622 bits per heavy atom. The van der Waals surface area contributed by atoms with Crippen LogP contribution in [0.1, 0.15) is 228 Å². The molecule has 6 heterocycles. The van der Waals surface area contributed by atoms with Crippen molar-refractivity contribution in [2.24, 2.45) is 0 Å². The summed E-state index contributed by atoms with van der Waals surface area (Å²) in [5, 5.41) is 22.5. The van der Waals surface area contributed by atoms with Crippen LogP contribution in [0.25, 0.3) is 0 Å². The predicted molar refractivity (Wildman–Crippen MR) is 310 cm³/mol. The highest BCUT2D eigenvalue weighted by Gasteiger charge is 2.82. The molecule has 0 aromatic heterocycles. The van der Waals surface area contributed by atoms with Crippen molar-refractivity contribution < 1.29 is 59.6 Å². The van der Waals surface area contributed by atoms with Crippen molar-refractivity contribution in [2.75, 3.05) is 6.61 Å². The average Bonchev–Trinajstić information content (AvgIpc) is 3.33. The van der Waals surface area contributed by atoms with Gasteiger partial charge in [0.1, 0.15) is 0 Å². The topological polar surface area (TPSA) is 151 Å². The first-order valence-electron chi connectivity index (χ1n) is 29.3. The van der Waals surface area contributed by atoms with Gasteiger partial charge in [-0.2, -0.15) is 0 Å². The van der Waals surface area contributed by atoms with Crippen molar-refractivity contribution in [3.05, 3.63) is 82.4 Å². The van der Waals surface area contributed by atoms with Crippen LogP contribution in [0.3, 0.4) is 0 Å². The largest absolute Gasteiger partial charge is 0.507 e. The van der Waals surface area contributed by atoms with Crippen molar-refractivity contribution in [3.8, 4) is 0 Å². The molecule has 6 aliphatic rings. The van der Waals surface area contributed by atoms with Crippen LogP contribution in [0, 0.1) is 0 Å². The van der Waals surface area contributed by atoms with E-state index in [4.69, 9.17) is 49.4 Å². The van der Waals surface area contributed by atoms with Crippen molar-refractivity contribution in [3.63, 3.8) is 0 Å². The summed E-state index contributed by atoms with van der Waals surface area (Å²) in [5.41, 5.74) is 13.5. The van der Waals surface area contributed by atoms with Gasteiger partial charge in [-0.1, -0.05) is 181 Å². The summed E-state index contributed by atoms with van der Waals surface area (Å²) in [6, 6.07) is -0.267. The third kappa shape index (κ3) is 19.6. The van der Waals surface area contributed by atoms with Crippen LogP contribution < -0.4 is 0 Å². The quantitative estimate of drug-likeness (QED) is 0.0446. The lowest BCUT2D eigenvalue weighted by molar-refractivity contribution is -0.0133. The van der Waals surface area contributed by atoms with Crippen LogP contribution in [0.15, 0.2) is 82.4 Å². The lowest BCUT2D eigenvalue weighted by Gasteiger charge is -2.60. The molecule has 0 aromatic rings. The van der Waals surface area contributed by atoms with Crippen LogP contribution in [0.5, 0.6) is 0 Å². The Morgan fingerprint density at radius 2 is 0.459 bits per heavy atom. The molecule has 6 fully saturated rings. The molecule has 6 saturated heterocycles. The highest BCUT2D eigenvalue weighted by molar-refractivity contribution is 7.07. The zero-order valence-electron chi connectivity index (χ0n) is 46.7. The first-order chi connectivity index (χ1) is 35.9. The standard InChI is InChI=1S/C52H98O14Si8/c1-8-15-22-29-36-43-67-55-68(44-37-30-23-16-9-2)58-71(47-40-33-26-19-12-5)60-69(56-67,45-38-31-24-17-10-3)62-73(49-42-35-28-21-14-7)63-70(57-67,46-39-32-25-18-11-4)61-72(59-68,48-41-34-27-20-13-6)65-74(64-71,66-73)51-52(54)50-53/h36-49,52-54H,8-35,50-51H2,1-7H3. The fourth-order valence-electron chi connectivity index (χ4n) is 9.31. The van der Waals surface area contributed by atoms with Gasteiger partial charge in [0.2, 0.25) is 0 Å². The lowest BCUT2D eigenvalue weighted by atomic mass is 10.2. The lowest BCUT2D eigenvalue weighted by Crippen LogP contribution is -2.87. The summed E-state index contributed by atoms with van der Waals surface area (Å²) >= 11 is 0. The van der Waals surface area contributed by atoms with E-state index in [2.05, 4.69) is 91.0 Å². The van der Waals surface area contributed by atoms with Gasteiger partial charge in [0.25, 0.3) is 0 Å². The highest BCUT2D eigenvalue weighted by atomic mass is 28.6. The smallest absolute Gasteiger partial charge is 0.394 e. The fourth-order valence-corrected chi connectivity index (χ4v) is 52.4. The molecule has 22 heteroatoms. The Kier molecular flexibility index (Phi) is 28.2. The van der Waals surface area contributed by atoms with E-state index in [1.165, 1.54) is 0 Å². The molecule has 74 heavy (non-hydrogen) atoms. The van der Waals surface area contributed by atoms with Crippen molar-refractivity contribution in [1.82, 2.24) is 0 Å². The summed E-state index contributed by atoms with van der Waals surface area (Å²) in [5.74, 6) is 0. The van der Waals surface area contributed by atoms with E-state index < -0.39 is 83.1 Å². The maximum absolute atomic E-state index is 11.8. The predicted octanol–water partition coefficient (Wildman–Crippen LogP) is 13.8. The number of hydrogen-bond acceptors (Lipinski definition) is 14. The number of unbranched alkanes of at least 4 members (excludes halogenated alkanes) is 21. The van der Waals surface area contributed by atoms with E-state index in [0.29, 0.717) is 19.3 Å². The van der Waals surface area contributed by atoms with Gasteiger partial charge in [-0.3, -0.25) is 0 Å². The SMILES string of the molecule is CCCCCC=C[Si]12O[Si]3(C=CCCCCC)O[Si]4(C=CCCCCC)O[Si](C=CCCCCC)(O1)O[Si]1(C=CCCCCC)O[Si](C=CCCCCC)(O2)O[Si](C=CCCCCC)(O3)O[Si](CC(O)CO)(O4)O1. The maximum atomic E-state index is 11.8. The third-order valence-electron chi connectivity index (χ3n) is 13.2. The van der Waals surface area contributed by atoms with Crippen molar-refractivity contribution >= 4 is 70.4 Å². The molecule has 1 unspecified atom stereocenters. The Hall–Kier alpha value is -0.645. The number of aliphatic hydroxyl groups excluding tert-OH is 2. The minimum Gasteiger partial charge on any atom is -0.394 e. The highest BCUT2D eigenvalue weighted by Crippen LogP contribution is 2.51. The van der Waals surface area contributed by atoms with E-state index in [1.54, 1.807) is 0 Å². The van der Waals surface area contributed by atoms with Crippen LogP contribution in [0.2, 0.25) is 6.04 Å². The molecule has 0 spiro atoms. The number of rotatable bonds is 38. The van der Waals surface area contributed by atoms with Crippen molar-refractivity contribution in [2.45, 2.75) is 240 Å². The first kappa shape index (κ1) is 64.2. The molecule has 422 valence electrons. The van der Waals surface area contributed by atoms with E-state index in [0.717, 1.165) is 161 Å². The Bertz CT molecular complexity index is 1640. The van der Waals surface area contributed by atoms with Crippen LogP contribution >= 0.6 is 0 Å². The van der Waals surface area contributed by atoms with Gasteiger partial charge >= 0.3 is 70.4 Å². The fraction of sp³-hybridized carbons (Fsp3) is 0.731. The van der Waals surface area contributed by atoms with Crippen LogP contribution in [-0.4, -0.2) is 93.4 Å². The molecular formula is C52H98O14Si8. The minimum atomic E-state index is -4.58. The molecule has 14 nitrogen and oxygen atoms in total. The summed E-state index contributed by atoms with van der Waals surface area (Å²) < 4.78 is 93.4. The first-order valence-corrected chi connectivity index (χ1v) is 43.9. The molecule has 6 aliphatic heterocycles. The van der Waals surface area contributed by atoms with Gasteiger partial charge in [-0.15, -0.1) is 0 Å². The number of hydrogen-bond donors (Lipinski definition) is 2. The second kappa shape index (κ2) is 32.6. The summed E-state index contributed by atoms with van der Waals surface area (Å²) in [6.07, 6.45) is 39.6. The van der Waals surface area contributed by atoms with Gasteiger partial charge < -0.3 is 59.6 Å². The molecule has 6 rings (SSSR count). The van der Waals surface area contributed by atoms with Gasteiger partial charge in [-0.25, -0.2) is 0 Å². The van der Waals surface area contributed by atoms with E-state index in [9.17, 15) is 10.2 Å². The Morgan fingerprint density at radius 1 is 0.284 bits per heavy atom. The molecule has 2 N–H and O–H groups in total. The number of aliphatic hydroxyl groups is 2. The molecule has 0 radical (unpaired) electrons. The van der Waals surface area contributed by atoms with Gasteiger partial charge in [0.05, 0.1) is 12.7 Å². The van der Waals surface area contributed by atoms with E-state index in [-0.39, 0.29) is 6.04 Å². The third-order valence-corrected chi connectivity index (χ3v) is 46.3. The molecule has 0 amide bonds. The summed E-state index contributed by atoms with van der Waals surface area (Å²) in [4.78, 5) is 0. The van der Waals surface area contributed by atoms with Crippen LogP contribution in [-0.2, 0) is 49.4 Å². The average molecular weight is 1170 g/mol. The van der Waals surface area contributed by atoms with E-state index in [1.807, 2.05) is 39.9 Å². The zero-order valence-corrected chi connectivity index (χ0v) is 54.7. The van der Waals surface area contributed by atoms with Gasteiger partial charge in [0.15, 0.2) is 0 Å². The normalized spacial score (nSPS) is 33.6. The molecule has 8 bridgehead atoms. The minimum absolute atomic E-state index is 0.267. The van der Waals surface area contributed by atoms with Crippen molar-refractivity contribution in [1.29, 1.82) is 0 Å². The Balaban J connectivity index is 1.97. The molecular weight excluding hydrogens is 1070 g/mol. The molecule has 0 saturated carbocycles. The van der Waals surface area contributed by atoms with Gasteiger partial charge in [-0.05, 0) is 130 Å². The number of allylic oxidation sites excluding steroid dienone is 7. The zero-order chi connectivity index (χ0) is 53.2. The summed E-state index contributed by atoms with van der Waals surface area (Å²) in [6.45, 7) is 14.7. The molecule has 0 aliphatic carbocycles. The second-order valence-corrected chi connectivity index (χ2v) is 42.8. The maximum Gasteiger partial charge on any atom is 0.507 e. The Labute approximate surface area is 456 Å². The van der Waals surface area contributed by atoms with E-state index >= 15 is 0 Å². The van der Waals surface area contributed by atoms with Gasteiger partial charge in [0, 0.05) is 6.04 Å². The molecule has 0 aromatic carbocycles. The summed E-state index contributed by atoms with van der Waals surface area (Å²) in [7, 11) is -35.6. The van der Waals surface area contributed by atoms with Crippen LogP contribution in [0.4, 0.5) is 0 Å². The monoisotopic (exact) mass is 1170 g/mol. The second-order valence-electron chi connectivity index (χ2n) is 20.5. The molecule has 1 atom stereocenters.